The first kappa shape index (κ1) is 13.9. The second-order valence-corrected chi connectivity index (χ2v) is 6.11. The van der Waals surface area contributed by atoms with Gasteiger partial charge in [0.25, 0.3) is 0 Å². The number of nitrogens with zero attached hydrogens (tertiary/aromatic N) is 1. The number of nitrogens with one attached hydrogen (secondary N) is 1. The average Bonchev–Trinajstić information content (AvgIpc) is 2.71. The third-order valence-corrected chi connectivity index (χ3v) is 3.57. The van der Waals surface area contributed by atoms with Crippen LogP contribution in [0.1, 0.15) is 37.9 Å². The van der Waals surface area contributed by atoms with E-state index < -0.39 is 0 Å². The van der Waals surface area contributed by atoms with Crippen molar-refractivity contribution in [2.75, 3.05) is 19.6 Å². The summed E-state index contributed by atoms with van der Waals surface area (Å²) in [6, 6.07) is 8.57. The van der Waals surface area contributed by atoms with E-state index in [4.69, 9.17) is 5.73 Å². The molecule has 1 aromatic rings. The third kappa shape index (κ3) is 3.07. The SMILES string of the molecule is CC(C)(C)c1ccc(C2CN(CCN)C(=O)N2)cc1. The van der Waals surface area contributed by atoms with Crippen LogP contribution in [0, 0.1) is 0 Å². The van der Waals surface area contributed by atoms with Gasteiger partial charge in [-0.05, 0) is 16.5 Å². The molecule has 0 aliphatic carbocycles. The topological polar surface area (TPSA) is 58.4 Å². The Kier molecular flexibility index (Phi) is 3.80. The molecule has 0 bridgehead atoms. The van der Waals surface area contributed by atoms with Crippen LogP contribution in [0.5, 0.6) is 0 Å². The van der Waals surface area contributed by atoms with Crippen molar-refractivity contribution in [3.05, 3.63) is 35.4 Å². The van der Waals surface area contributed by atoms with Gasteiger partial charge in [-0.15, -0.1) is 0 Å². The number of carbonyl (C=O) groups excluding carboxylic acids is 1. The number of carbonyl (C=O) groups is 1. The molecule has 0 spiro atoms. The number of hydrogen-bond acceptors (Lipinski definition) is 2. The molecule has 2 rings (SSSR count). The Balaban J connectivity index is 2.10. The fourth-order valence-electron chi connectivity index (χ4n) is 2.34. The zero-order valence-electron chi connectivity index (χ0n) is 11.9. The van der Waals surface area contributed by atoms with Crippen LogP contribution in [0.15, 0.2) is 24.3 Å². The molecule has 1 atom stereocenters. The van der Waals surface area contributed by atoms with Gasteiger partial charge >= 0.3 is 6.03 Å². The van der Waals surface area contributed by atoms with Gasteiger partial charge in [0.15, 0.2) is 0 Å². The fourth-order valence-corrected chi connectivity index (χ4v) is 2.34. The van der Waals surface area contributed by atoms with Crippen LogP contribution in [-0.2, 0) is 5.41 Å². The molecule has 3 N–H and O–H groups in total. The van der Waals surface area contributed by atoms with Gasteiger partial charge in [-0.25, -0.2) is 4.79 Å². The van der Waals surface area contributed by atoms with Crippen molar-refractivity contribution in [3.8, 4) is 0 Å². The summed E-state index contributed by atoms with van der Waals surface area (Å²) in [4.78, 5) is 13.5. The third-order valence-electron chi connectivity index (χ3n) is 3.57. The van der Waals surface area contributed by atoms with Crippen LogP contribution in [-0.4, -0.2) is 30.6 Å². The lowest BCUT2D eigenvalue weighted by Gasteiger charge is -2.20. The van der Waals surface area contributed by atoms with Gasteiger partial charge < -0.3 is 16.0 Å². The van der Waals surface area contributed by atoms with Crippen LogP contribution in [0.3, 0.4) is 0 Å². The van der Waals surface area contributed by atoms with E-state index in [1.807, 2.05) is 0 Å². The predicted molar refractivity (Wildman–Crippen MR) is 77.0 cm³/mol. The van der Waals surface area contributed by atoms with Crippen LogP contribution < -0.4 is 11.1 Å². The molecule has 1 heterocycles. The Bertz CT molecular complexity index is 447. The van der Waals surface area contributed by atoms with Crippen molar-refractivity contribution in [1.29, 1.82) is 0 Å². The molecule has 19 heavy (non-hydrogen) atoms. The van der Waals surface area contributed by atoms with Gasteiger partial charge in [-0.3, -0.25) is 0 Å². The molecule has 1 fully saturated rings. The summed E-state index contributed by atoms with van der Waals surface area (Å²) in [6.07, 6.45) is 0. The van der Waals surface area contributed by atoms with Crippen LogP contribution in [0.25, 0.3) is 0 Å². The molecule has 1 saturated heterocycles. The smallest absolute Gasteiger partial charge is 0.318 e. The second-order valence-electron chi connectivity index (χ2n) is 6.11. The summed E-state index contributed by atoms with van der Waals surface area (Å²) < 4.78 is 0. The van der Waals surface area contributed by atoms with E-state index in [0.717, 1.165) is 5.56 Å². The van der Waals surface area contributed by atoms with E-state index in [1.165, 1.54) is 5.56 Å². The lowest BCUT2D eigenvalue weighted by molar-refractivity contribution is 0.218. The Morgan fingerprint density at radius 1 is 1.32 bits per heavy atom. The van der Waals surface area contributed by atoms with Gasteiger partial charge in [0.2, 0.25) is 0 Å². The average molecular weight is 261 g/mol. The van der Waals surface area contributed by atoms with E-state index >= 15 is 0 Å². The molecule has 0 radical (unpaired) electrons. The van der Waals surface area contributed by atoms with Gasteiger partial charge in [-0.2, -0.15) is 0 Å². The lowest BCUT2D eigenvalue weighted by atomic mass is 9.86. The maximum atomic E-state index is 11.7. The quantitative estimate of drug-likeness (QED) is 0.874. The highest BCUT2D eigenvalue weighted by Crippen LogP contribution is 2.25. The summed E-state index contributed by atoms with van der Waals surface area (Å²) in [6.45, 7) is 8.41. The first-order valence-corrected chi connectivity index (χ1v) is 6.78. The van der Waals surface area contributed by atoms with Crippen molar-refractivity contribution in [1.82, 2.24) is 10.2 Å². The minimum Gasteiger partial charge on any atom is -0.329 e. The van der Waals surface area contributed by atoms with Gasteiger partial charge in [0.05, 0.1) is 6.04 Å². The summed E-state index contributed by atoms with van der Waals surface area (Å²) in [7, 11) is 0. The summed E-state index contributed by atoms with van der Waals surface area (Å²) in [5.41, 5.74) is 8.12. The highest BCUT2D eigenvalue weighted by molar-refractivity contribution is 5.77. The van der Waals surface area contributed by atoms with Crippen LogP contribution in [0.4, 0.5) is 4.79 Å². The summed E-state index contributed by atoms with van der Waals surface area (Å²) >= 11 is 0. The van der Waals surface area contributed by atoms with Crippen molar-refractivity contribution in [3.63, 3.8) is 0 Å². The molecule has 1 aromatic carbocycles. The zero-order chi connectivity index (χ0) is 14.0. The van der Waals surface area contributed by atoms with E-state index in [2.05, 4.69) is 50.4 Å². The first-order valence-electron chi connectivity index (χ1n) is 6.78. The van der Waals surface area contributed by atoms with Gasteiger partial charge in [0.1, 0.15) is 0 Å². The van der Waals surface area contributed by atoms with Crippen LogP contribution >= 0.6 is 0 Å². The fraction of sp³-hybridized carbons (Fsp3) is 0.533. The standard InChI is InChI=1S/C15H23N3O/c1-15(2,3)12-6-4-11(5-7-12)13-10-18(9-8-16)14(19)17-13/h4-7,13H,8-10,16H2,1-3H3,(H,17,19). The van der Waals surface area contributed by atoms with E-state index in [1.54, 1.807) is 4.90 Å². The Morgan fingerprint density at radius 3 is 2.47 bits per heavy atom. The monoisotopic (exact) mass is 261 g/mol. The minimum absolute atomic E-state index is 0.0182. The van der Waals surface area contributed by atoms with Crippen molar-refractivity contribution < 1.29 is 4.79 Å². The molecule has 0 aromatic heterocycles. The zero-order valence-corrected chi connectivity index (χ0v) is 11.9. The summed E-state index contributed by atoms with van der Waals surface area (Å²) in [5.74, 6) is 0. The molecule has 1 aliphatic rings. The normalized spacial score (nSPS) is 19.7. The minimum atomic E-state index is -0.0182. The van der Waals surface area contributed by atoms with Crippen molar-refractivity contribution >= 4 is 6.03 Å². The number of rotatable bonds is 3. The van der Waals surface area contributed by atoms with E-state index in [-0.39, 0.29) is 17.5 Å². The molecular formula is C15H23N3O. The molecule has 4 heteroatoms. The maximum absolute atomic E-state index is 11.7. The predicted octanol–water partition coefficient (Wildman–Crippen LogP) is 2.01. The van der Waals surface area contributed by atoms with Gasteiger partial charge in [0, 0.05) is 19.6 Å². The number of benzene rings is 1. The maximum Gasteiger partial charge on any atom is 0.318 e. The molecule has 104 valence electrons. The van der Waals surface area contributed by atoms with E-state index in [9.17, 15) is 4.79 Å². The van der Waals surface area contributed by atoms with Crippen molar-refractivity contribution in [2.24, 2.45) is 5.73 Å². The molecule has 2 amide bonds. The van der Waals surface area contributed by atoms with Crippen molar-refractivity contribution in [2.45, 2.75) is 32.2 Å². The lowest BCUT2D eigenvalue weighted by Crippen LogP contribution is -2.32. The Morgan fingerprint density at radius 2 is 1.95 bits per heavy atom. The molecular weight excluding hydrogens is 238 g/mol. The molecule has 4 nitrogen and oxygen atoms in total. The number of amides is 2. The Hall–Kier alpha value is -1.55. The second kappa shape index (κ2) is 5.21. The highest BCUT2D eigenvalue weighted by Gasteiger charge is 2.29. The number of nitrogens with two attached hydrogens (primary N) is 1. The molecule has 0 saturated carbocycles. The molecule has 1 unspecified atom stereocenters. The molecule has 1 aliphatic heterocycles. The first-order chi connectivity index (χ1) is 8.91. The van der Waals surface area contributed by atoms with E-state index in [0.29, 0.717) is 19.6 Å². The number of hydrogen-bond donors (Lipinski definition) is 2. The Labute approximate surface area is 115 Å². The van der Waals surface area contributed by atoms with Crippen LogP contribution in [0.2, 0.25) is 0 Å². The number of urea groups is 1. The van der Waals surface area contributed by atoms with Gasteiger partial charge in [-0.1, -0.05) is 45.0 Å². The summed E-state index contributed by atoms with van der Waals surface area (Å²) in [5, 5.41) is 2.99. The highest BCUT2D eigenvalue weighted by atomic mass is 16.2. The largest absolute Gasteiger partial charge is 0.329 e.